The second kappa shape index (κ2) is 6.30. The van der Waals surface area contributed by atoms with Crippen molar-refractivity contribution in [3.8, 4) is 0 Å². The van der Waals surface area contributed by atoms with E-state index in [2.05, 4.69) is 6.58 Å². The van der Waals surface area contributed by atoms with Gasteiger partial charge in [-0.15, -0.1) is 0 Å². The molecule has 5 nitrogen and oxygen atoms in total. The average Bonchev–Trinajstić information content (AvgIpc) is 2.71. The summed E-state index contributed by atoms with van der Waals surface area (Å²) in [5, 5.41) is 0. The van der Waals surface area contributed by atoms with Crippen LogP contribution in [0.15, 0.2) is 36.9 Å². The smallest absolute Gasteiger partial charge is 0.415 e. The molecule has 0 N–H and O–H groups in total. The first-order valence-electron chi connectivity index (χ1n) is 7.99. The van der Waals surface area contributed by atoms with E-state index in [1.54, 1.807) is 20.8 Å². The minimum absolute atomic E-state index is 0.101. The summed E-state index contributed by atoms with van der Waals surface area (Å²) >= 11 is 0. The Labute approximate surface area is 143 Å². The van der Waals surface area contributed by atoms with Gasteiger partial charge in [0.2, 0.25) is 0 Å². The molecule has 0 aliphatic carbocycles. The summed E-state index contributed by atoms with van der Waals surface area (Å²) in [4.78, 5) is 26.8. The van der Waals surface area contributed by atoms with Gasteiger partial charge < -0.3 is 9.47 Å². The lowest BCUT2D eigenvalue weighted by atomic mass is 9.80. The Bertz CT molecular complexity index is 658. The topological polar surface area (TPSA) is 55.8 Å². The Hall–Kier alpha value is -2.30. The zero-order valence-corrected chi connectivity index (χ0v) is 15.0. The Morgan fingerprint density at radius 1 is 1.29 bits per heavy atom. The molecule has 0 bridgehead atoms. The highest BCUT2D eigenvalue weighted by molar-refractivity contribution is 6.00. The van der Waals surface area contributed by atoms with E-state index in [9.17, 15) is 9.59 Å². The third-order valence-corrected chi connectivity index (χ3v) is 3.96. The maximum absolute atomic E-state index is 12.8. The number of benzene rings is 1. The van der Waals surface area contributed by atoms with Crippen molar-refractivity contribution in [1.29, 1.82) is 0 Å². The number of esters is 1. The van der Waals surface area contributed by atoms with Crippen molar-refractivity contribution in [2.45, 2.75) is 51.7 Å². The minimum atomic E-state index is -0.787. The van der Waals surface area contributed by atoms with Gasteiger partial charge in [0.15, 0.2) is 0 Å². The van der Waals surface area contributed by atoms with E-state index in [4.69, 9.17) is 9.47 Å². The van der Waals surface area contributed by atoms with E-state index < -0.39 is 29.1 Å². The number of carbonyl (C=O) groups is 2. The van der Waals surface area contributed by atoms with Crippen molar-refractivity contribution >= 4 is 17.7 Å². The molecule has 2 rings (SSSR count). The third-order valence-electron chi connectivity index (χ3n) is 3.96. The molecule has 1 atom stereocenters. The van der Waals surface area contributed by atoms with Gasteiger partial charge in [-0.3, -0.25) is 4.90 Å². The molecule has 0 saturated heterocycles. The molecule has 1 amide bonds. The Kier molecular flexibility index (Phi) is 4.74. The lowest BCUT2D eigenvalue weighted by Gasteiger charge is -2.32. The van der Waals surface area contributed by atoms with Gasteiger partial charge in [0.1, 0.15) is 18.2 Å². The highest BCUT2D eigenvalue weighted by atomic mass is 16.6. The molecular formula is C19H25NO4. The molecule has 1 aliphatic rings. The van der Waals surface area contributed by atoms with Gasteiger partial charge in [-0.05, 0) is 32.4 Å². The first-order chi connectivity index (χ1) is 11.1. The highest BCUT2D eigenvalue weighted by Gasteiger charge is 2.52. The van der Waals surface area contributed by atoms with E-state index >= 15 is 0 Å². The number of fused-ring (bicyclic) bond motifs is 1. The Morgan fingerprint density at radius 2 is 1.92 bits per heavy atom. The van der Waals surface area contributed by atoms with Crippen LogP contribution >= 0.6 is 0 Å². The third kappa shape index (κ3) is 3.30. The van der Waals surface area contributed by atoms with Gasteiger partial charge in [-0.1, -0.05) is 44.7 Å². The SMILES string of the molecule is C=CCOC(=O)C1N(C(=O)OC(C)(C)C)c2ccccc2C1(C)C. The molecule has 0 spiro atoms. The van der Waals surface area contributed by atoms with Gasteiger partial charge in [0.05, 0.1) is 5.69 Å². The fourth-order valence-electron chi connectivity index (χ4n) is 2.97. The summed E-state index contributed by atoms with van der Waals surface area (Å²) in [6.45, 7) is 12.9. The number of hydrogen-bond acceptors (Lipinski definition) is 4. The largest absolute Gasteiger partial charge is 0.460 e. The van der Waals surface area contributed by atoms with Crippen molar-refractivity contribution < 1.29 is 19.1 Å². The molecule has 5 heteroatoms. The molecule has 0 radical (unpaired) electrons. The van der Waals surface area contributed by atoms with Crippen molar-refractivity contribution in [1.82, 2.24) is 0 Å². The average molecular weight is 331 g/mol. The number of para-hydroxylation sites is 1. The lowest BCUT2D eigenvalue weighted by Crippen LogP contribution is -2.52. The molecule has 0 saturated carbocycles. The first-order valence-corrected chi connectivity index (χ1v) is 7.99. The van der Waals surface area contributed by atoms with Crippen LogP contribution in [0.1, 0.15) is 40.2 Å². The van der Waals surface area contributed by atoms with Crippen LogP contribution in [-0.4, -0.2) is 30.3 Å². The summed E-state index contributed by atoms with van der Waals surface area (Å²) in [5.41, 5.74) is 0.341. The number of hydrogen-bond donors (Lipinski definition) is 0. The van der Waals surface area contributed by atoms with Crippen LogP contribution < -0.4 is 4.90 Å². The maximum atomic E-state index is 12.8. The second-order valence-electron chi connectivity index (χ2n) is 7.41. The van der Waals surface area contributed by atoms with Crippen LogP contribution in [0.3, 0.4) is 0 Å². The summed E-state index contributed by atoms with van der Waals surface area (Å²) in [6.07, 6.45) is 0.950. The van der Waals surface area contributed by atoms with Crippen molar-refractivity contribution in [3.05, 3.63) is 42.5 Å². The number of anilines is 1. The lowest BCUT2D eigenvalue weighted by molar-refractivity contribution is -0.145. The standard InChI is InChI=1S/C19H25NO4/c1-7-12-23-16(21)15-19(5,6)13-10-8-9-11-14(13)20(15)17(22)24-18(2,3)4/h7-11,15H,1,12H2,2-6H3. The van der Waals surface area contributed by atoms with Crippen LogP contribution in [-0.2, 0) is 19.7 Å². The molecule has 1 aromatic rings. The monoisotopic (exact) mass is 331 g/mol. The van der Waals surface area contributed by atoms with Crippen LogP contribution in [0.5, 0.6) is 0 Å². The summed E-state index contributed by atoms with van der Waals surface area (Å²) < 4.78 is 10.8. The molecule has 1 unspecified atom stereocenters. The molecule has 0 fully saturated rings. The summed E-state index contributed by atoms with van der Waals surface area (Å²) in [7, 11) is 0. The number of ether oxygens (including phenoxy) is 2. The summed E-state index contributed by atoms with van der Waals surface area (Å²) in [5.74, 6) is -0.470. The van der Waals surface area contributed by atoms with Gasteiger partial charge in [-0.2, -0.15) is 0 Å². The predicted molar refractivity (Wildman–Crippen MR) is 93.1 cm³/mol. The van der Waals surface area contributed by atoms with Gasteiger partial charge in [0.25, 0.3) is 0 Å². The number of rotatable bonds is 3. The predicted octanol–water partition coefficient (Wildman–Crippen LogP) is 3.82. The van der Waals surface area contributed by atoms with Gasteiger partial charge >= 0.3 is 12.1 Å². The van der Waals surface area contributed by atoms with Gasteiger partial charge in [-0.25, -0.2) is 9.59 Å². The molecule has 0 aromatic heterocycles. The minimum Gasteiger partial charge on any atom is -0.460 e. The van der Waals surface area contributed by atoms with Crippen LogP contribution in [0.4, 0.5) is 10.5 Å². The molecule has 24 heavy (non-hydrogen) atoms. The fourth-order valence-corrected chi connectivity index (χ4v) is 2.97. The van der Waals surface area contributed by atoms with Crippen molar-refractivity contribution in [3.63, 3.8) is 0 Å². The summed E-state index contributed by atoms with van der Waals surface area (Å²) in [6, 6.07) is 6.69. The van der Waals surface area contributed by atoms with E-state index in [1.807, 2.05) is 38.1 Å². The first kappa shape index (κ1) is 18.0. The Morgan fingerprint density at radius 3 is 2.50 bits per heavy atom. The molecular weight excluding hydrogens is 306 g/mol. The van der Waals surface area contributed by atoms with Crippen LogP contribution in [0, 0.1) is 0 Å². The van der Waals surface area contributed by atoms with E-state index in [0.717, 1.165) is 5.56 Å². The van der Waals surface area contributed by atoms with Crippen molar-refractivity contribution in [2.24, 2.45) is 0 Å². The number of nitrogens with zero attached hydrogens (tertiary/aromatic N) is 1. The normalized spacial score (nSPS) is 18.7. The van der Waals surface area contributed by atoms with E-state index in [1.165, 1.54) is 11.0 Å². The number of carbonyl (C=O) groups excluding carboxylic acids is 2. The van der Waals surface area contributed by atoms with E-state index in [0.29, 0.717) is 5.69 Å². The zero-order chi connectivity index (χ0) is 18.1. The molecule has 1 aliphatic heterocycles. The van der Waals surface area contributed by atoms with E-state index in [-0.39, 0.29) is 6.61 Å². The van der Waals surface area contributed by atoms with Crippen LogP contribution in [0.25, 0.3) is 0 Å². The fraction of sp³-hybridized carbons (Fsp3) is 0.474. The zero-order valence-electron chi connectivity index (χ0n) is 15.0. The molecule has 1 heterocycles. The molecule has 130 valence electrons. The Balaban J connectivity index is 2.47. The number of amides is 1. The second-order valence-corrected chi connectivity index (χ2v) is 7.41. The van der Waals surface area contributed by atoms with Crippen LogP contribution in [0.2, 0.25) is 0 Å². The molecule has 1 aromatic carbocycles. The highest BCUT2D eigenvalue weighted by Crippen LogP contribution is 2.46. The van der Waals surface area contributed by atoms with Gasteiger partial charge in [0, 0.05) is 5.41 Å². The maximum Gasteiger partial charge on any atom is 0.415 e. The quantitative estimate of drug-likeness (QED) is 0.624. The van der Waals surface area contributed by atoms with Crippen molar-refractivity contribution in [2.75, 3.05) is 11.5 Å².